The fraction of sp³-hybridized carbons (Fsp3) is 0.667. The molecule has 2 nitrogen and oxygen atoms in total. The number of hydrogen-bond donors (Lipinski definition) is 0. The summed E-state index contributed by atoms with van der Waals surface area (Å²) >= 11 is 0. The van der Waals surface area contributed by atoms with Crippen LogP contribution in [0.5, 0.6) is 0 Å². The van der Waals surface area contributed by atoms with Gasteiger partial charge < -0.3 is 4.57 Å². The number of hydrogen-bond acceptors (Lipinski definition) is 1. The third-order valence-corrected chi connectivity index (χ3v) is 1.82. The van der Waals surface area contributed by atoms with E-state index in [-0.39, 0.29) is 5.41 Å². The maximum absolute atomic E-state index is 4.12. The Morgan fingerprint density at radius 1 is 1.45 bits per heavy atom. The molecule has 0 radical (unpaired) electrons. The predicted molar refractivity (Wildman–Crippen MR) is 46.6 cm³/mol. The maximum atomic E-state index is 4.12. The second-order valence-corrected chi connectivity index (χ2v) is 3.81. The molecule has 0 fully saturated rings. The zero-order chi connectivity index (χ0) is 8.48. The molecule has 1 heterocycles. The van der Waals surface area contributed by atoms with E-state index in [4.69, 9.17) is 0 Å². The Balaban J connectivity index is 3.02. The molecule has 1 rings (SSSR count). The third-order valence-electron chi connectivity index (χ3n) is 1.82. The van der Waals surface area contributed by atoms with Gasteiger partial charge in [0.25, 0.3) is 0 Å². The van der Waals surface area contributed by atoms with Gasteiger partial charge in [-0.05, 0) is 6.92 Å². The van der Waals surface area contributed by atoms with E-state index >= 15 is 0 Å². The standard InChI is InChI=1S/C9H16N2/c1-5-11-7-10-6-8(11)9(2,3)4/h6-7H,5H2,1-4H3. The Labute approximate surface area is 68.3 Å². The van der Waals surface area contributed by atoms with Crippen molar-refractivity contribution < 1.29 is 0 Å². The van der Waals surface area contributed by atoms with Gasteiger partial charge in [-0.15, -0.1) is 0 Å². The second kappa shape index (κ2) is 2.68. The van der Waals surface area contributed by atoms with Crippen molar-refractivity contribution in [3.8, 4) is 0 Å². The summed E-state index contributed by atoms with van der Waals surface area (Å²) in [7, 11) is 0. The van der Waals surface area contributed by atoms with E-state index in [1.807, 2.05) is 12.5 Å². The molecule has 0 saturated heterocycles. The number of aryl methyl sites for hydroxylation is 1. The average Bonchev–Trinajstić information content (AvgIpc) is 2.31. The maximum Gasteiger partial charge on any atom is 0.0948 e. The molecule has 1 aromatic heterocycles. The van der Waals surface area contributed by atoms with E-state index in [1.165, 1.54) is 5.69 Å². The van der Waals surface area contributed by atoms with E-state index in [1.54, 1.807) is 0 Å². The van der Waals surface area contributed by atoms with Crippen LogP contribution in [0, 0.1) is 0 Å². The molecule has 62 valence electrons. The number of aromatic nitrogens is 2. The first-order valence-electron chi connectivity index (χ1n) is 4.06. The van der Waals surface area contributed by atoms with E-state index in [0.717, 1.165) is 6.54 Å². The molecule has 0 amide bonds. The third kappa shape index (κ3) is 1.62. The van der Waals surface area contributed by atoms with Crippen LogP contribution in [0.3, 0.4) is 0 Å². The summed E-state index contributed by atoms with van der Waals surface area (Å²) in [5.74, 6) is 0. The summed E-state index contributed by atoms with van der Waals surface area (Å²) in [6.07, 6.45) is 3.84. The van der Waals surface area contributed by atoms with Gasteiger partial charge in [0, 0.05) is 23.9 Å². The van der Waals surface area contributed by atoms with Gasteiger partial charge in [0.1, 0.15) is 0 Å². The summed E-state index contributed by atoms with van der Waals surface area (Å²) in [5, 5.41) is 0. The van der Waals surface area contributed by atoms with Gasteiger partial charge in [-0.3, -0.25) is 0 Å². The van der Waals surface area contributed by atoms with Crippen molar-refractivity contribution >= 4 is 0 Å². The fourth-order valence-corrected chi connectivity index (χ4v) is 1.20. The normalized spacial score (nSPS) is 12.0. The molecule has 0 saturated carbocycles. The Morgan fingerprint density at radius 2 is 2.09 bits per heavy atom. The van der Waals surface area contributed by atoms with Gasteiger partial charge in [-0.2, -0.15) is 0 Å². The topological polar surface area (TPSA) is 17.8 Å². The first kappa shape index (κ1) is 8.31. The average molecular weight is 152 g/mol. The smallest absolute Gasteiger partial charge is 0.0948 e. The molecule has 0 N–H and O–H groups in total. The minimum atomic E-state index is 0.215. The van der Waals surface area contributed by atoms with Crippen LogP contribution in [0.4, 0.5) is 0 Å². The monoisotopic (exact) mass is 152 g/mol. The van der Waals surface area contributed by atoms with Crippen molar-refractivity contribution in [3.05, 3.63) is 18.2 Å². The predicted octanol–water partition coefficient (Wildman–Crippen LogP) is 2.20. The molecule has 0 spiro atoms. The van der Waals surface area contributed by atoms with Crippen molar-refractivity contribution in [2.24, 2.45) is 0 Å². The molecule has 0 aliphatic heterocycles. The summed E-state index contributed by atoms with van der Waals surface area (Å²) in [6, 6.07) is 0. The quantitative estimate of drug-likeness (QED) is 0.603. The second-order valence-electron chi connectivity index (χ2n) is 3.81. The van der Waals surface area contributed by atoms with E-state index in [2.05, 4.69) is 37.2 Å². The van der Waals surface area contributed by atoms with E-state index in [9.17, 15) is 0 Å². The Hall–Kier alpha value is -0.790. The highest BCUT2D eigenvalue weighted by molar-refractivity contribution is 5.10. The number of nitrogens with zero attached hydrogens (tertiary/aromatic N) is 2. The lowest BCUT2D eigenvalue weighted by molar-refractivity contribution is 0.526. The van der Waals surface area contributed by atoms with Gasteiger partial charge in [0.05, 0.1) is 6.33 Å². The van der Waals surface area contributed by atoms with Crippen LogP contribution in [0.1, 0.15) is 33.4 Å². The zero-order valence-corrected chi connectivity index (χ0v) is 7.76. The van der Waals surface area contributed by atoms with Crippen molar-refractivity contribution in [2.75, 3.05) is 0 Å². The van der Waals surface area contributed by atoms with Crippen LogP contribution in [0.15, 0.2) is 12.5 Å². The Morgan fingerprint density at radius 3 is 2.45 bits per heavy atom. The Bertz CT molecular complexity index is 230. The van der Waals surface area contributed by atoms with Crippen LogP contribution in [-0.2, 0) is 12.0 Å². The zero-order valence-electron chi connectivity index (χ0n) is 7.76. The molecular weight excluding hydrogens is 136 g/mol. The van der Waals surface area contributed by atoms with E-state index in [0.29, 0.717) is 0 Å². The molecular formula is C9H16N2. The molecule has 2 heteroatoms. The highest BCUT2D eigenvalue weighted by Gasteiger charge is 2.17. The lowest BCUT2D eigenvalue weighted by atomic mass is 9.93. The highest BCUT2D eigenvalue weighted by Crippen LogP contribution is 2.20. The first-order valence-corrected chi connectivity index (χ1v) is 4.06. The van der Waals surface area contributed by atoms with Crippen LogP contribution < -0.4 is 0 Å². The number of rotatable bonds is 1. The molecule has 0 aromatic carbocycles. The summed E-state index contributed by atoms with van der Waals surface area (Å²) in [5.41, 5.74) is 1.52. The first-order chi connectivity index (χ1) is 5.05. The molecule has 0 unspecified atom stereocenters. The van der Waals surface area contributed by atoms with Crippen molar-refractivity contribution in [2.45, 2.75) is 39.7 Å². The summed E-state index contributed by atoms with van der Waals surface area (Å²) < 4.78 is 2.18. The molecule has 0 bridgehead atoms. The van der Waals surface area contributed by atoms with Crippen LogP contribution in [0.25, 0.3) is 0 Å². The summed E-state index contributed by atoms with van der Waals surface area (Å²) in [4.78, 5) is 4.12. The van der Waals surface area contributed by atoms with Gasteiger partial charge in [0.2, 0.25) is 0 Å². The largest absolute Gasteiger partial charge is 0.334 e. The fourth-order valence-electron chi connectivity index (χ4n) is 1.20. The molecule has 0 atom stereocenters. The highest BCUT2D eigenvalue weighted by atomic mass is 15.0. The van der Waals surface area contributed by atoms with Gasteiger partial charge in [-0.1, -0.05) is 20.8 Å². The minimum absolute atomic E-state index is 0.215. The Kier molecular flexibility index (Phi) is 2.03. The molecule has 1 aromatic rings. The molecule has 11 heavy (non-hydrogen) atoms. The minimum Gasteiger partial charge on any atom is -0.334 e. The SMILES string of the molecule is CCn1cncc1C(C)(C)C. The van der Waals surface area contributed by atoms with Gasteiger partial charge >= 0.3 is 0 Å². The lowest BCUT2D eigenvalue weighted by Gasteiger charge is -2.19. The van der Waals surface area contributed by atoms with Gasteiger partial charge in [-0.25, -0.2) is 4.98 Å². The van der Waals surface area contributed by atoms with Crippen molar-refractivity contribution in [1.82, 2.24) is 9.55 Å². The van der Waals surface area contributed by atoms with Crippen LogP contribution in [0.2, 0.25) is 0 Å². The number of imidazole rings is 1. The molecule has 0 aliphatic carbocycles. The van der Waals surface area contributed by atoms with Crippen molar-refractivity contribution in [3.63, 3.8) is 0 Å². The van der Waals surface area contributed by atoms with Crippen LogP contribution in [-0.4, -0.2) is 9.55 Å². The molecule has 0 aliphatic rings. The van der Waals surface area contributed by atoms with E-state index < -0.39 is 0 Å². The lowest BCUT2D eigenvalue weighted by Crippen LogP contribution is -2.16. The van der Waals surface area contributed by atoms with Crippen LogP contribution >= 0.6 is 0 Å². The van der Waals surface area contributed by atoms with Gasteiger partial charge in [0.15, 0.2) is 0 Å². The summed E-state index contributed by atoms with van der Waals surface area (Å²) in [6.45, 7) is 9.76. The van der Waals surface area contributed by atoms with Crippen molar-refractivity contribution in [1.29, 1.82) is 0 Å².